The quantitative estimate of drug-likeness (QED) is 0.929. The summed E-state index contributed by atoms with van der Waals surface area (Å²) in [5.74, 6) is 1.57. The first-order valence-electron chi connectivity index (χ1n) is 7.20. The Labute approximate surface area is 124 Å². The van der Waals surface area contributed by atoms with Gasteiger partial charge < -0.3 is 10.2 Å². The van der Waals surface area contributed by atoms with E-state index in [2.05, 4.69) is 40.3 Å². The van der Waals surface area contributed by atoms with E-state index in [-0.39, 0.29) is 11.3 Å². The number of hydrogen-bond acceptors (Lipinski definition) is 5. The second-order valence-electron chi connectivity index (χ2n) is 6.46. The Morgan fingerprint density at radius 1 is 1.40 bits per heavy atom. The number of piperidine rings is 1. The maximum absolute atomic E-state index is 11.4. The van der Waals surface area contributed by atoms with Gasteiger partial charge >= 0.3 is 0 Å². The molecule has 1 saturated heterocycles. The second kappa shape index (κ2) is 6.08. The summed E-state index contributed by atoms with van der Waals surface area (Å²) >= 11 is 1.49. The van der Waals surface area contributed by atoms with E-state index < -0.39 is 0 Å². The molecule has 6 heteroatoms. The molecule has 0 bridgehead atoms. The molecule has 5 nitrogen and oxygen atoms in total. The summed E-state index contributed by atoms with van der Waals surface area (Å²) in [6.07, 6.45) is 2.75. The third kappa shape index (κ3) is 3.69. The lowest BCUT2D eigenvalue weighted by Gasteiger charge is -2.31. The monoisotopic (exact) mass is 296 g/mol. The molecule has 2 rings (SSSR count). The molecule has 2 heterocycles. The minimum atomic E-state index is 0.00624. The van der Waals surface area contributed by atoms with Gasteiger partial charge in [-0.25, -0.2) is 4.98 Å². The zero-order valence-corrected chi connectivity index (χ0v) is 13.6. The van der Waals surface area contributed by atoms with Gasteiger partial charge in [-0.3, -0.25) is 4.79 Å². The fourth-order valence-electron chi connectivity index (χ4n) is 2.34. The fraction of sp³-hybridized carbons (Fsp3) is 0.786. The van der Waals surface area contributed by atoms with Gasteiger partial charge in [0.2, 0.25) is 11.0 Å². The zero-order chi connectivity index (χ0) is 14.8. The molecule has 0 aromatic carbocycles. The van der Waals surface area contributed by atoms with Crippen molar-refractivity contribution in [3.63, 3.8) is 0 Å². The van der Waals surface area contributed by atoms with Crippen molar-refractivity contribution in [2.45, 2.75) is 45.4 Å². The minimum absolute atomic E-state index is 0.00624. The van der Waals surface area contributed by atoms with Crippen molar-refractivity contribution < 1.29 is 4.79 Å². The van der Waals surface area contributed by atoms with Crippen molar-refractivity contribution >= 4 is 22.6 Å². The van der Waals surface area contributed by atoms with Crippen molar-refractivity contribution in [3.05, 3.63) is 5.82 Å². The van der Waals surface area contributed by atoms with Gasteiger partial charge in [0.15, 0.2) is 0 Å². The Balaban J connectivity index is 1.91. The van der Waals surface area contributed by atoms with E-state index in [0.717, 1.165) is 36.9 Å². The van der Waals surface area contributed by atoms with E-state index in [9.17, 15) is 4.79 Å². The van der Waals surface area contributed by atoms with Crippen LogP contribution in [0.15, 0.2) is 0 Å². The Bertz CT molecular complexity index is 458. The van der Waals surface area contributed by atoms with Crippen LogP contribution in [0.5, 0.6) is 0 Å². The lowest BCUT2D eigenvalue weighted by Crippen LogP contribution is -2.35. The van der Waals surface area contributed by atoms with Crippen LogP contribution < -0.4 is 10.2 Å². The van der Waals surface area contributed by atoms with Gasteiger partial charge in [0.1, 0.15) is 5.82 Å². The van der Waals surface area contributed by atoms with Crippen molar-refractivity contribution in [3.8, 4) is 0 Å². The number of carbonyl (C=O) groups is 1. The van der Waals surface area contributed by atoms with E-state index in [1.54, 1.807) is 7.05 Å². The molecular weight excluding hydrogens is 272 g/mol. The molecule has 0 atom stereocenters. The number of anilines is 1. The average molecular weight is 296 g/mol. The molecule has 0 radical (unpaired) electrons. The summed E-state index contributed by atoms with van der Waals surface area (Å²) in [7, 11) is 1.70. The lowest BCUT2D eigenvalue weighted by atomic mass is 9.93. The van der Waals surface area contributed by atoms with Crippen LogP contribution in [0.2, 0.25) is 0 Å². The number of nitrogens with zero attached hydrogens (tertiary/aromatic N) is 3. The molecule has 1 aliphatic rings. The molecule has 1 amide bonds. The van der Waals surface area contributed by atoms with E-state index in [1.165, 1.54) is 11.5 Å². The van der Waals surface area contributed by atoms with Crippen molar-refractivity contribution in [1.29, 1.82) is 0 Å². The number of rotatable bonds is 3. The van der Waals surface area contributed by atoms with Gasteiger partial charge in [-0.15, -0.1) is 0 Å². The number of carbonyl (C=O) groups excluding carboxylic acids is 1. The maximum atomic E-state index is 11.4. The first-order valence-corrected chi connectivity index (χ1v) is 7.97. The molecule has 0 saturated carbocycles. The van der Waals surface area contributed by atoms with Gasteiger partial charge in [0.05, 0.1) is 0 Å². The predicted octanol–water partition coefficient (Wildman–Crippen LogP) is 2.19. The van der Waals surface area contributed by atoms with Crippen LogP contribution in [0.3, 0.4) is 0 Å². The highest BCUT2D eigenvalue weighted by Crippen LogP contribution is 2.29. The summed E-state index contributed by atoms with van der Waals surface area (Å²) in [5, 5.41) is 3.72. The SMILES string of the molecule is CNC(=O)CC1CCN(c2nc(C(C)(C)C)ns2)CC1. The summed E-state index contributed by atoms with van der Waals surface area (Å²) in [6.45, 7) is 8.35. The molecule has 1 fully saturated rings. The number of amides is 1. The van der Waals surface area contributed by atoms with Crippen LogP contribution in [0.25, 0.3) is 0 Å². The third-order valence-electron chi connectivity index (χ3n) is 3.72. The van der Waals surface area contributed by atoms with Crippen LogP contribution in [0.4, 0.5) is 5.13 Å². The molecule has 1 N–H and O–H groups in total. The fourth-order valence-corrected chi connectivity index (χ4v) is 3.25. The summed E-state index contributed by atoms with van der Waals surface area (Å²) in [6, 6.07) is 0. The molecule has 1 aromatic rings. The molecule has 1 aliphatic heterocycles. The Morgan fingerprint density at radius 3 is 2.55 bits per heavy atom. The normalized spacial score (nSPS) is 17.3. The molecule has 112 valence electrons. The van der Waals surface area contributed by atoms with Crippen LogP contribution in [0, 0.1) is 5.92 Å². The Hall–Kier alpha value is -1.17. The van der Waals surface area contributed by atoms with Crippen LogP contribution in [0.1, 0.15) is 45.9 Å². The average Bonchev–Trinajstić information content (AvgIpc) is 2.89. The predicted molar refractivity (Wildman–Crippen MR) is 82.2 cm³/mol. The van der Waals surface area contributed by atoms with Crippen LogP contribution in [-0.2, 0) is 10.2 Å². The lowest BCUT2D eigenvalue weighted by molar-refractivity contribution is -0.121. The first kappa shape index (κ1) is 15.2. The topological polar surface area (TPSA) is 58.1 Å². The van der Waals surface area contributed by atoms with Gasteiger partial charge in [0.25, 0.3) is 0 Å². The summed E-state index contributed by atoms with van der Waals surface area (Å²) < 4.78 is 4.47. The first-order chi connectivity index (χ1) is 9.40. The van der Waals surface area contributed by atoms with Gasteiger partial charge in [-0.1, -0.05) is 20.8 Å². The van der Waals surface area contributed by atoms with E-state index in [1.807, 2.05) is 0 Å². The van der Waals surface area contributed by atoms with E-state index >= 15 is 0 Å². The van der Waals surface area contributed by atoms with Crippen molar-refractivity contribution in [2.24, 2.45) is 5.92 Å². The number of aromatic nitrogens is 2. The smallest absolute Gasteiger partial charge is 0.220 e. The molecule has 20 heavy (non-hydrogen) atoms. The maximum Gasteiger partial charge on any atom is 0.220 e. The summed E-state index contributed by atoms with van der Waals surface area (Å²) in [4.78, 5) is 18.4. The zero-order valence-electron chi connectivity index (χ0n) is 12.8. The molecule has 0 aliphatic carbocycles. The van der Waals surface area contributed by atoms with Crippen molar-refractivity contribution in [1.82, 2.24) is 14.7 Å². The van der Waals surface area contributed by atoms with Gasteiger partial charge in [-0.2, -0.15) is 4.37 Å². The Kier molecular flexibility index (Phi) is 4.62. The molecule has 0 unspecified atom stereocenters. The van der Waals surface area contributed by atoms with E-state index in [0.29, 0.717) is 12.3 Å². The molecular formula is C14H24N4OS. The largest absolute Gasteiger partial charge is 0.359 e. The highest BCUT2D eigenvalue weighted by molar-refractivity contribution is 7.09. The van der Waals surface area contributed by atoms with Crippen LogP contribution >= 0.6 is 11.5 Å². The number of nitrogens with one attached hydrogen (secondary N) is 1. The molecule has 0 spiro atoms. The minimum Gasteiger partial charge on any atom is -0.359 e. The highest BCUT2D eigenvalue weighted by atomic mass is 32.1. The van der Waals surface area contributed by atoms with Crippen molar-refractivity contribution in [2.75, 3.05) is 25.0 Å². The second-order valence-corrected chi connectivity index (χ2v) is 7.19. The number of hydrogen-bond donors (Lipinski definition) is 1. The standard InChI is InChI=1S/C14H24N4OS/c1-14(2,3)12-16-13(20-17-12)18-7-5-10(6-8-18)9-11(19)15-4/h10H,5-9H2,1-4H3,(H,15,19). The summed E-state index contributed by atoms with van der Waals surface area (Å²) in [5.41, 5.74) is 0.00624. The van der Waals surface area contributed by atoms with E-state index in [4.69, 9.17) is 0 Å². The Morgan fingerprint density at radius 2 is 2.05 bits per heavy atom. The van der Waals surface area contributed by atoms with Crippen LogP contribution in [-0.4, -0.2) is 35.4 Å². The molecule has 1 aromatic heterocycles. The third-order valence-corrected chi connectivity index (χ3v) is 4.50. The van der Waals surface area contributed by atoms with Gasteiger partial charge in [-0.05, 0) is 18.8 Å². The highest BCUT2D eigenvalue weighted by Gasteiger charge is 2.25. The van der Waals surface area contributed by atoms with Gasteiger partial charge in [0, 0.05) is 43.5 Å².